The first-order valence-corrected chi connectivity index (χ1v) is 6.77. The molecule has 0 spiro atoms. The maximum atomic E-state index is 9.08. The molecule has 0 aromatic rings. The number of hydrogen-bond donors (Lipinski definition) is 1. The number of hydrogen-bond acceptors (Lipinski definition) is 6. The highest BCUT2D eigenvalue weighted by molar-refractivity contribution is 4.46. The van der Waals surface area contributed by atoms with Crippen molar-refractivity contribution in [3.05, 3.63) is 0 Å². The second kappa shape index (κ2) is 12.8. The molecule has 19 heavy (non-hydrogen) atoms. The lowest BCUT2D eigenvalue weighted by Gasteiger charge is -2.18. The first-order valence-electron chi connectivity index (χ1n) is 6.77. The Morgan fingerprint density at radius 2 is 1.47 bits per heavy atom. The Bertz CT molecular complexity index is 191. The van der Waals surface area contributed by atoms with Crippen LogP contribution in [0.4, 0.5) is 0 Å². The second-order valence-corrected chi connectivity index (χ2v) is 4.93. The van der Waals surface area contributed by atoms with E-state index in [4.69, 9.17) is 19.3 Å². The average Bonchev–Trinajstić information content (AvgIpc) is 2.34. The molecule has 0 aromatic heterocycles. The summed E-state index contributed by atoms with van der Waals surface area (Å²) in [4.78, 5) is 4.14. The fourth-order valence-electron chi connectivity index (χ4n) is 1.34. The molecular formula is C13H30N2O4. The van der Waals surface area contributed by atoms with Crippen molar-refractivity contribution < 1.29 is 19.3 Å². The van der Waals surface area contributed by atoms with E-state index in [2.05, 4.69) is 4.90 Å². The van der Waals surface area contributed by atoms with Crippen LogP contribution in [0.1, 0.15) is 6.42 Å². The van der Waals surface area contributed by atoms with Crippen LogP contribution in [0.2, 0.25) is 0 Å². The van der Waals surface area contributed by atoms with Gasteiger partial charge in [0.2, 0.25) is 0 Å². The standard InChI is InChI=1S/C13H30N2O4/c1-14(2)6-5-8-17-10-11-19-13(12-16)18-9-7-15(3)4/h13,16H,5-12H2,1-4H3. The van der Waals surface area contributed by atoms with Crippen molar-refractivity contribution in [1.29, 1.82) is 0 Å². The van der Waals surface area contributed by atoms with E-state index in [1.54, 1.807) is 0 Å². The van der Waals surface area contributed by atoms with Crippen LogP contribution in [-0.2, 0) is 14.2 Å². The van der Waals surface area contributed by atoms with Gasteiger partial charge in [0.05, 0.1) is 26.4 Å². The maximum Gasteiger partial charge on any atom is 0.180 e. The maximum absolute atomic E-state index is 9.08. The van der Waals surface area contributed by atoms with Crippen LogP contribution in [-0.4, -0.2) is 95.5 Å². The van der Waals surface area contributed by atoms with Crippen molar-refractivity contribution in [2.75, 3.05) is 74.3 Å². The Balaban J connectivity index is 3.35. The molecule has 0 amide bonds. The van der Waals surface area contributed by atoms with E-state index in [0.29, 0.717) is 19.8 Å². The zero-order chi connectivity index (χ0) is 14.5. The van der Waals surface area contributed by atoms with Crippen LogP contribution >= 0.6 is 0 Å². The van der Waals surface area contributed by atoms with E-state index in [0.717, 1.165) is 26.1 Å². The Kier molecular flexibility index (Phi) is 12.6. The fraction of sp³-hybridized carbons (Fsp3) is 1.00. The largest absolute Gasteiger partial charge is 0.391 e. The zero-order valence-electron chi connectivity index (χ0n) is 12.8. The minimum absolute atomic E-state index is 0.131. The number of aliphatic hydroxyl groups excluding tert-OH is 1. The molecule has 0 saturated carbocycles. The van der Waals surface area contributed by atoms with E-state index >= 15 is 0 Å². The van der Waals surface area contributed by atoms with Crippen molar-refractivity contribution in [2.24, 2.45) is 0 Å². The first kappa shape index (κ1) is 18.8. The third-order valence-electron chi connectivity index (χ3n) is 2.42. The smallest absolute Gasteiger partial charge is 0.180 e. The third-order valence-corrected chi connectivity index (χ3v) is 2.42. The monoisotopic (exact) mass is 278 g/mol. The van der Waals surface area contributed by atoms with E-state index in [1.165, 1.54) is 0 Å². The molecule has 0 bridgehead atoms. The van der Waals surface area contributed by atoms with Crippen LogP contribution in [0.25, 0.3) is 0 Å². The summed E-state index contributed by atoms with van der Waals surface area (Å²) in [6, 6.07) is 0. The number of nitrogens with zero attached hydrogens (tertiary/aromatic N) is 2. The predicted molar refractivity (Wildman–Crippen MR) is 75.3 cm³/mol. The van der Waals surface area contributed by atoms with Gasteiger partial charge >= 0.3 is 0 Å². The molecule has 6 heteroatoms. The van der Waals surface area contributed by atoms with E-state index < -0.39 is 6.29 Å². The molecule has 0 aliphatic heterocycles. The van der Waals surface area contributed by atoms with Gasteiger partial charge in [-0.1, -0.05) is 0 Å². The molecule has 0 heterocycles. The molecule has 0 rings (SSSR count). The Hall–Kier alpha value is -0.240. The van der Waals surface area contributed by atoms with Crippen molar-refractivity contribution >= 4 is 0 Å². The number of ether oxygens (including phenoxy) is 3. The van der Waals surface area contributed by atoms with Crippen molar-refractivity contribution in [3.63, 3.8) is 0 Å². The van der Waals surface area contributed by atoms with Gasteiger partial charge in [0.25, 0.3) is 0 Å². The SMILES string of the molecule is CN(C)CCCOCCOC(CO)OCCN(C)C. The van der Waals surface area contributed by atoms with E-state index in [-0.39, 0.29) is 6.61 Å². The van der Waals surface area contributed by atoms with Gasteiger partial charge in [0, 0.05) is 13.2 Å². The predicted octanol–water partition coefficient (Wildman–Crippen LogP) is -0.132. The van der Waals surface area contributed by atoms with Gasteiger partial charge in [-0.2, -0.15) is 0 Å². The lowest BCUT2D eigenvalue weighted by molar-refractivity contribution is -0.170. The molecule has 0 aromatic carbocycles. The van der Waals surface area contributed by atoms with Gasteiger partial charge in [-0.05, 0) is 41.2 Å². The van der Waals surface area contributed by atoms with Crippen LogP contribution in [0, 0.1) is 0 Å². The van der Waals surface area contributed by atoms with Crippen LogP contribution < -0.4 is 0 Å². The van der Waals surface area contributed by atoms with Crippen molar-refractivity contribution in [2.45, 2.75) is 12.7 Å². The van der Waals surface area contributed by atoms with Gasteiger partial charge < -0.3 is 29.1 Å². The topological polar surface area (TPSA) is 54.4 Å². The lowest BCUT2D eigenvalue weighted by Crippen LogP contribution is -2.27. The second-order valence-electron chi connectivity index (χ2n) is 4.93. The van der Waals surface area contributed by atoms with E-state index in [1.807, 2.05) is 33.1 Å². The van der Waals surface area contributed by atoms with Gasteiger partial charge in [-0.25, -0.2) is 0 Å². The molecule has 0 aliphatic rings. The molecule has 116 valence electrons. The summed E-state index contributed by atoms with van der Waals surface area (Å²) in [5.74, 6) is 0. The number of likely N-dealkylation sites (N-methyl/N-ethyl adjacent to an activating group) is 1. The Labute approximate surface area is 117 Å². The molecule has 0 saturated heterocycles. The molecule has 6 nitrogen and oxygen atoms in total. The zero-order valence-corrected chi connectivity index (χ0v) is 12.8. The highest BCUT2D eigenvalue weighted by atomic mass is 16.7. The Morgan fingerprint density at radius 3 is 2.05 bits per heavy atom. The summed E-state index contributed by atoms with van der Waals surface area (Å²) in [6.07, 6.45) is 0.459. The van der Waals surface area contributed by atoms with Crippen molar-refractivity contribution in [3.8, 4) is 0 Å². The van der Waals surface area contributed by atoms with Gasteiger partial charge in [0.15, 0.2) is 6.29 Å². The lowest BCUT2D eigenvalue weighted by atomic mass is 10.4. The molecular weight excluding hydrogens is 248 g/mol. The molecule has 1 unspecified atom stereocenters. The summed E-state index contributed by atoms with van der Waals surface area (Å²) in [5, 5.41) is 9.08. The minimum Gasteiger partial charge on any atom is -0.391 e. The summed E-state index contributed by atoms with van der Waals surface area (Å²) < 4.78 is 16.2. The van der Waals surface area contributed by atoms with Gasteiger partial charge in [0.1, 0.15) is 0 Å². The summed E-state index contributed by atoms with van der Waals surface area (Å²) in [6.45, 7) is 3.94. The number of rotatable bonds is 13. The molecule has 0 fully saturated rings. The van der Waals surface area contributed by atoms with Crippen molar-refractivity contribution in [1.82, 2.24) is 9.80 Å². The minimum atomic E-state index is -0.551. The molecule has 0 aliphatic carbocycles. The van der Waals surface area contributed by atoms with Gasteiger partial charge in [-0.3, -0.25) is 0 Å². The number of aliphatic hydroxyl groups is 1. The first-order chi connectivity index (χ1) is 9.06. The normalized spacial score (nSPS) is 13.4. The van der Waals surface area contributed by atoms with Crippen LogP contribution in [0.15, 0.2) is 0 Å². The highest BCUT2D eigenvalue weighted by Gasteiger charge is 2.07. The molecule has 0 radical (unpaired) electrons. The molecule has 1 atom stereocenters. The fourth-order valence-corrected chi connectivity index (χ4v) is 1.34. The van der Waals surface area contributed by atoms with E-state index in [9.17, 15) is 0 Å². The van der Waals surface area contributed by atoms with Crippen LogP contribution in [0.5, 0.6) is 0 Å². The van der Waals surface area contributed by atoms with Crippen LogP contribution in [0.3, 0.4) is 0 Å². The summed E-state index contributed by atoms with van der Waals surface area (Å²) in [7, 11) is 8.03. The summed E-state index contributed by atoms with van der Waals surface area (Å²) >= 11 is 0. The third kappa shape index (κ3) is 14.0. The average molecular weight is 278 g/mol. The highest BCUT2D eigenvalue weighted by Crippen LogP contribution is 1.95. The van der Waals surface area contributed by atoms with Gasteiger partial charge in [-0.15, -0.1) is 0 Å². The Morgan fingerprint density at radius 1 is 0.842 bits per heavy atom. The quantitative estimate of drug-likeness (QED) is 0.374. The summed E-state index contributed by atoms with van der Waals surface area (Å²) in [5.41, 5.74) is 0. The molecule has 1 N–H and O–H groups in total.